The Labute approximate surface area is 563 Å². The van der Waals surface area contributed by atoms with Crippen LogP contribution in [0.25, 0.3) is 43.1 Å². The molecular weight excluding hydrogens is 1280 g/mol. The molecule has 1 N–H and O–H groups in total. The molecule has 4 heterocycles. The number of carbonyl (C=O) groups is 8. The van der Waals surface area contributed by atoms with Gasteiger partial charge in [0.25, 0.3) is 70.0 Å². The van der Waals surface area contributed by atoms with Crippen LogP contribution in [-0.4, -0.2) is 199 Å². The van der Waals surface area contributed by atoms with Crippen molar-refractivity contribution in [3.05, 3.63) is 244 Å². The van der Waals surface area contributed by atoms with E-state index in [2.05, 4.69) is 25.1 Å². The Kier molecular flexibility index (Phi) is 20.2. The molecule has 0 aromatic heterocycles. The summed E-state index contributed by atoms with van der Waals surface area (Å²) in [7, 11) is 0. The number of hydrogen-bond acceptors (Lipinski definition) is 20. The normalized spacial score (nSPS) is 14.0. The van der Waals surface area contributed by atoms with Crippen LogP contribution in [-0.2, 0) is 0 Å². The van der Waals surface area contributed by atoms with Crippen molar-refractivity contribution in [1.82, 2.24) is 39.6 Å². The first kappa shape index (κ1) is 68.4. The summed E-state index contributed by atoms with van der Waals surface area (Å²) in [5, 5.41) is 52.7. The lowest BCUT2D eigenvalue weighted by molar-refractivity contribution is -0.384. The number of non-ortho nitro benzene ring substituents is 4. The monoisotopic (exact) mass is 1340 g/mol. The number of hydrogen-bond donors (Lipinski definition) is 1. The molecule has 4 aliphatic heterocycles. The molecule has 0 fully saturated rings. The molecular formula is C71H64N12O16. The van der Waals surface area contributed by atoms with Crippen LogP contribution in [0, 0.1) is 40.5 Å². The largest absolute Gasteiger partial charge is 0.315 e. The molecule has 0 saturated heterocycles. The third kappa shape index (κ3) is 13.6. The molecule has 28 nitrogen and oxygen atoms in total. The van der Waals surface area contributed by atoms with Crippen LogP contribution in [0.4, 0.5) is 22.7 Å². The minimum absolute atomic E-state index is 0.0615. The zero-order valence-corrected chi connectivity index (χ0v) is 53.4. The zero-order valence-electron chi connectivity index (χ0n) is 53.4. The predicted octanol–water partition coefficient (Wildman–Crippen LogP) is 9.24. The van der Waals surface area contributed by atoms with Crippen LogP contribution in [0.1, 0.15) is 95.7 Å². The lowest BCUT2D eigenvalue weighted by Crippen LogP contribution is -2.45. The molecule has 28 heteroatoms. The molecule has 0 radical (unpaired) electrons. The second-order valence-corrected chi connectivity index (χ2v) is 23.9. The molecule has 8 aromatic rings. The summed E-state index contributed by atoms with van der Waals surface area (Å²) in [6, 6.07) is 29.8. The van der Waals surface area contributed by atoms with E-state index >= 15 is 0 Å². The maximum absolute atomic E-state index is 13.5. The number of amides is 8. The standard InChI is InChI=1S/C37H34N6O8.C34H30N6O8/c1-3-12-38(16-18-40-34(44)28-10-5-8-24-20-26(42(48)49)22-30(32(24)28)36(40)46)14-7-15-39(13-4-2)17-19-41-35(45)29-11-6-9-25-21-27(43(50)51)23-31(33(25)29)37(41)47;1-2-12-36(15-16-38-32(42)26-9-4-7-22-18-24(40(47)48)20-28(30(22)26)34(38)44)13-5-10-35-11-14-37-31(41)25-8-3-6-21-17-23(39(45)46)19-27(29(21)25)33(37)43/h3-6,8-11,20-23H,1-2,7,12-19H2;2-4,6-9,17-20,35H,1,5,10-16H2. The van der Waals surface area contributed by atoms with E-state index in [9.17, 15) is 78.8 Å². The van der Waals surface area contributed by atoms with Gasteiger partial charge >= 0.3 is 0 Å². The maximum Gasteiger partial charge on any atom is 0.270 e. The highest BCUT2D eigenvalue weighted by molar-refractivity contribution is 6.29. The molecule has 0 spiro atoms. The Bertz CT molecular complexity index is 4670. The summed E-state index contributed by atoms with van der Waals surface area (Å²) >= 11 is 0. The second kappa shape index (κ2) is 29.2. The van der Waals surface area contributed by atoms with Crippen molar-refractivity contribution in [2.75, 3.05) is 98.2 Å². The lowest BCUT2D eigenvalue weighted by Gasteiger charge is -2.31. The average Bonchev–Trinajstić information content (AvgIpc) is 0.768. The summed E-state index contributed by atoms with van der Waals surface area (Å²) in [6.45, 7) is 16.7. The van der Waals surface area contributed by atoms with Crippen molar-refractivity contribution in [3.8, 4) is 0 Å². The number of nitrogens with one attached hydrogen (secondary N) is 1. The van der Waals surface area contributed by atoms with Gasteiger partial charge in [-0.1, -0.05) is 66.8 Å². The van der Waals surface area contributed by atoms with E-state index in [1.807, 2.05) is 14.7 Å². The van der Waals surface area contributed by atoms with Crippen LogP contribution in [0.3, 0.4) is 0 Å². The quantitative estimate of drug-likeness (QED) is 0.0144. The second-order valence-electron chi connectivity index (χ2n) is 23.9. The molecule has 12 rings (SSSR count). The van der Waals surface area contributed by atoms with E-state index < -0.39 is 67.0 Å². The van der Waals surface area contributed by atoms with Gasteiger partial charge in [-0.15, -0.1) is 19.7 Å². The van der Waals surface area contributed by atoms with E-state index in [1.165, 1.54) is 48.5 Å². The summed E-state index contributed by atoms with van der Waals surface area (Å²) in [5.41, 5.74) is 0.858. The topological polar surface area (TPSA) is 344 Å². The number of nitro groups is 4. The molecule has 0 atom stereocenters. The number of nitro benzene ring substituents is 4. The number of nitrogens with zero attached hydrogens (tertiary/aromatic N) is 11. The minimum atomic E-state index is -0.585. The van der Waals surface area contributed by atoms with Crippen molar-refractivity contribution in [2.24, 2.45) is 0 Å². The third-order valence-electron chi connectivity index (χ3n) is 17.9. The SMILES string of the molecule is C=CCN(CCCN(CC=C)CCN1C(=O)c2cccc3cc([N+](=O)[O-])cc(c23)C1=O)CCN1C(=O)c2cccc3cc([N+](=O)[O-])cc(c23)C1=O.C=CCN(CCCNCCN1C(=O)c2cccc3cc([N+](=O)[O-])cc(c23)C1=O)CCN1C(=O)c2cccc3cc([N+](=O)[O-])cc(c23)C1=O. The molecule has 0 bridgehead atoms. The Hall–Kier alpha value is -12.0. The molecule has 8 aromatic carbocycles. The molecule has 4 aliphatic rings. The zero-order chi connectivity index (χ0) is 70.5. The van der Waals surface area contributed by atoms with Crippen molar-refractivity contribution < 1.29 is 58.0 Å². The number of carbonyl (C=O) groups excluding carboxylic acids is 8. The van der Waals surface area contributed by atoms with E-state index in [0.717, 1.165) is 19.6 Å². The van der Waals surface area contributed by atoms with Gasteiger partial charge in [0, 0.05) is 164 Å². The van der Waals surface area contributed by atoms with Gasteiger partial charge < -0.3 is 5.32 Å². The maximum atomic E-state index is 13.5. The van der Waals surface area contributed by atoms with Crippen LogP contribution >= 0.6 is 0 Å². The summed E-state index contributed by atoms with van der Waals surface area (Å²) in [5.74, 6) is -4.17. The highest BCUT2D eigenvalue weighted by Crippen LogP contribution is 2.38. The fourth-order valence-corrected chi connectivity index (χ4v) is 13.2. The highest BCUT2D eigenvalue weighted by Gasteiger charge is 2.39. The van der Waals surface area contributed by atoms with Gasteiger partial charge in [-0.25, -0.2) is 0 Å². The van der Waals surface area contributed by atoms with Crippen molar-refractivity contribution >= 4 is 113 Å². The first-order valence-electron chi connectivity index (χ1n) is 31.6. The lowest BCUT2D eigenvalue weighted by atomic mass is 9.93. The van der Waals surface area contributed by atoms with E-state index in [0.29, 0.717) is 150 Å². The molecule has 0 unspecified atom stereocenters. The number of benzene rings is 8. The first-order chi connectivity index (χ1) is 47.6. The number of rotatable bonds is 30. The van der Waals surface area contributed by atoms with Gasteiger partial charge in [-0.05, 0) is 84.8 Å². The highest BCUT2D eigenvalue weighted by atomic mass is 16.6. The molecule has 99 heavy (non-hydrogen) atoms. The van der Waals surface area contributed by atoms with Gasteiger partial charge in [0.2, 0.25) is 0 Å². The Balaban J connectivity index is 0.000000200. The summed E-state index contributed by atoms with van der Waals surface area (Å²) in [6.07, 6.45) is 6.45. The molecule has 0 aliphatic carbocycles. The van der Waals surface area contributed by atoms with Crippen molar-refractivity contribution in [2.45, 2.75) is 12.8 Å². The van der Waals surface area contributed by atoms with E-state index in [-0.39, 0.29) is 71.2 Å². The Morgan fingerprint density at radius 2 is 0.586 bits per heavy atom. The first-order valence-corrected chi connectivity index (χ1v) is 31.6. The summed E-state index contributed by atoms with van der Waals surface area (Å²) < 4.78 is 0. The third-order valence-corrected chi connectivity index (χ3v) is 17.9. The molecule has 504 valence electrons. The Morgan fingerprint density at radius 3 is 0.848 bits per heavy atom. The van der Waals surface area contributed by atoms with Crippen molar-refractivity contribution in [3.63, 3.8) is 0 Å². The fourth-order valence-electron chi connectivity index (χ4n) is 13.2. The fraction of sp³-hybridized carbons (Fsp3) is 0.239. The van der Waals surface area contributed by atoms with Crippen molar-refractivity contribution in [1.29, 1.82) is 0 Å². The van der Waals surface area contributed by atoms with E-state index in [1.54, 1.807) is 91.0 Å². The van der Waals surface area contributed by atoms with E-state index in [4.69, 9.17) is 0 Å². The smallest absolute Gasteiger partial charge is 0.270 e. The minimum Gasteiger partial charge on any atom is -0.315 e. The van der Waals surface area contributed by atoms with Crippen LogP contribution in [0.15, 0.2) is 159 Å². The van der Waals surface area contributed by atoms with Gasteiger partial charge in [-0.2, -0.15) is 0 Å². The van der Waals surface area contributed by atoms with Crippen LogP contribution < -0.4 is 5.32 Å². The van der Waals surface area contributed by atoms with Gasteiger partial charge in [-0.3, -0.25) is 113 Å². The number of imide groups is 4. The van der Waals surface area contributed by atoms with Crippen LogP contribution in [0.2, 0.25) is 0 Å². The van der Waals surface area contributed by atoms with Gasteiger partial charge in [0.15, 0.2) is 0 Å². The predicted molar refractivity (Wildman–Crippen MR) is 366 cm³/mol. The summed E-state index contributed by atoms with van der Waals surface area (Å²) in [4.78, 5) is 161. The molecule has 0 saturated carbocycles. The van der Waals surface area contributed by atoms with Gasteiger partial charge in [0.1, 0.15) is 0 Å². The Morgan fingerprint density at radius 1 is 0.333 bits per heavy atom. The van der Waals surface area contributed by atoms with Gasteiger partial charge in [0.05, 0.1) is 41.9 Å². The molecule has 8 amide bonds. The van der Waals surface area contributed by atoms with Crippen LogP contribution in [0.5, 0.6) is 0 Å². The average molecular weight is 1340 g/mol.